The van der Waals surface area contributed by atoms with Crippen molar-refractivity contribution in [1.29, 1.82) is 5.26 Å². The number of nitriles is 1. The first-order valence-electron chi connectivity index (χ1n) is 7.93. The fourth-order valence-corrected chi connectivity index (χ4v) is 3.59. The van der Waals surface area contributed by atoms with Crippen LogP contribution in [0.5, 0.6) is 0 Å². The molecule has 0 saturated heterocycles. The molecule has 0 unspecified atom stereocenters. The Kier molecular flexibility index (Phi) is 6.50. The summed E-state index contributed by atoms with van der Waals surface area (Å²) in [7, 11) is -0.321. The minimum absolute atomic E-state index is 0.105. The maximum absolute atomic E-state index is 12.5. The van der Waals surface area contributed by atoms with Gasteiger partial charge in [-0.3, -0.25) is 4.79 Å². The molecule has 136 valence electrons. The van der Waals surface area contributed by atoms with Gasteiger partial charge in [0.1, 0.15) is 0 Å². The lowest BCUT2D eigenvalue weighted by Gasteiger charge is -2.17. The first-order chi connectivity index (χ1) is 12.4. The van der Waals surface area contributed by atoms with Crippen LogP contribution in [0.3, 0.4) is 0 Å². The van der Waals surface area contributed by atoms with Crippen molar-refractivity contribution in [2.75, 3.05) is 26.5 Å². The number of rotatable bonds is 7. The highest BCUT2D eigenvalue weighted by molar-refractivity contribution is 7.91. The normalized spacial score (nSPS) is 11.0. The van der Waals surface area contributed by atoms with Crippen LogP contribution in [-0.4, -0.2) is 45.7 Å². The molecule has 2 aromatic rings. The van der Waals surface area contributed by atoms with Crippen molar-refractivity contribution in [2.45, 2.75) is 11.4 Å². The molecule has 0 heterocycles. The fraction of sp³-hybridized carbons (Fsp3) is 0.263. The molecule has 0 fully saturated rings. The highest BCUT2D eigenvalue weighted by Gasteiger charge is 2.17. The van der Waals surface area contributed by atoms with E-state index in [1.807, 2.05) is 6.07 Å². The topological polar surface area (TPSA) is 87.5 Å². The maximum Gasteiger partial charge on any atom is 0.253 e. The van der Waals surface area contributed by atoms with E-state index in [-0.39, 0.29) is 23.2 Å². The van der Waals surface area contributed by atoms with Gasteiger partial charge in [-0.05, 0) is 42.0 Å². The highest BCUT2D eigenvalue weighted by atomic mass is 32.2. The number of nitrogens with zero attached hydrogens (tertiary/aromatic N) is 2. The van der Waals surface area contributed by atoms with Gasteiger partial charge in [0.25, 0.3) is 5.91 Å². The maximum atomic E-state index is 12.5. The second kappa shape index (κ2) is 8.61. The number of carbonyl (C=O) groups excluding carboxylic acids is 1. The number of amides is 1. The predicted molar refractivity (Wildman–Crippen MR) is 97.3 cm³/mol. The van der Waals surface area contributed by atoms with E-state index in [1.165, 1.54) is 36.3 Å². The van der Waals surface area contributed by atoms with Gasteiger partial charge in [-0.2, -0.15) is 5.26 Å². The molecule has 0 atom stereocenters. The van der Waals surface area contributed by atoms with E-state index < -0.39 is 9.84 Å². The summed E-state index contributed by atoms with van der Waals surface area (Å²) < 4.78 is 29.0. The zero-order chi connectivity index (χ0) is 19.2. The Balaban J connectivity index is 2.10. The second-order valence-corrected chi connectivity index (χ2v) is 7.92. The van der Waals surface area contributed by atoms with Crippen molar-refractivity contribution >= 4 is 15.7 Å². The second-order valence-electron chi connectivity index (χ2n) is 5.81. The van der Waals surface area contributed by atoms with Gasteiger partial charge >= 0.3 is 0 Å². The van der Waals surface area contributed by atoms with Gasteiger partial charge in [-0.1, -0.05) is 12.1 Å². The minimum atomic E-state index is -3.42. The molecule has 0 aliphatic heterocycles. The third-order valence-corrected chi connectivity index (χ3v) is 5.53. The van der Waals surface area contributed by atoms with Crippen LogP contribution in [0.1, 0.15) is 21.5 Å². The summed E-state index contributed by atoms with van der Waals surface area (Å²) in [6.45, 7) is 0.468. The van der Waals surface area contributed by atoms with Crippen molar-refractivity contribution in [1.82, 2.24) is 4.90 Å². The molecule has 0 aromatic heterocycles. The third-order valence-electron chi connectivity index (χ3n) is 3.84. The Morgan fingerprint density at radius 3 is 2.50 bits per heavy atom. The number of benzene rings is 2. The molecule has 6 nitrogen and oxygen atoms in total. The summed E-state index contributed by atoms with van der Waals surface area (Å²) in [4.78, 5) is 14.2. The largest absolute Gasteiger partial charge is 0.384 e. The minimum Gasteiger partial charge on any atom is -0.384 e. The summed E-state index contributed by atoms with van der Waals surface area (Å²) in [6, 6.07) is 15.0. The zero-order valence-corrected chi connectivity index (χ0v) is 15.5. The van der Waals surface area contributed by atoms with Crippen LogP contribution in [0.25, 0.3) is 0 Å². The lowest BCUT2D eigenvalue weighted by molar-refractivity contribution is 0.0785. The lowest BCUT2D eigenvalue weighted by atomic mass is 10.1. The molecule has 1 amide bonds. The van der Waals surface area contributed by atoms with Crippen LogP contribution >= 0.6 is 0 Å². The summed E-state index contributed by atoms with van der Waals surface area (Å²) >= 11 is 0. The molecular formula is C19H20N2O4S. The standard InChI is InChI=1S/C19H20N2O4S/c1-21(14-16-5-3-4-15(12-16)13-20)19(22)17-6-8-18(9-7-17)26(23,24)11-10-25-2/h3-9,12H,10-11,14H2,1-2H3. The molecule has 2 rings (SSSR count). The van der Waals surface area contributed by atoms with E-state index in [1.54, 1.807) is 25.2 Å². The highest BCUT2D eigenvalue weighted by Crippen LogP contribution is 2.15. The van der Waals surface area contributed by atoms with Crippen molar-refractivity contribution in [3.63, 3.8) is 0 Å². The van der Waals surface area contributed by atoms with E-state index in [4.69, 9.17) is 10.00 Å². The lowest BCUT2D eigenvalue weighted by Crippen LogP contribution is -2.26. The molecule has 0 spiro atoms. The number of sulfone groups is 1. The molecule has 0 aliphatic rings. The first-order valence-corrected chi connectivity index (χ1v) is 9.59. The Bertz CT molecular complexity index is 915. The van der Waals surface area contributed by atoms with Gasteiger partial charge in [0.05, 0.1) is 28.9 Å². The number of hydrogen-bond acceptors (Lipinski definition) is 5. The predicted octanol–water partition coefficient (Wildman–Crippen LogP) is 2.25. The SMILES string of the molecule is COCCS(=O)(=O)c1ccc(C(=O)N(C)Cc2cccc(C#N)c2)cc1. The zero-order valence-electron chi connectivity index (χ0n) is 14.7. The van der Waals surface area contributed by atoms with Gasteiger partial charge < -0.3 is 9.64 Å². The monoisotopic (exact) mass is 372 g/mol. The Morgan fingerprint density at radius 2 is 1.88 bits per heavy atom. The molecule has 0 bridgehead atoms. The fourth-order valence-electron chi connectivity index (χ4n) is 2.42. The third kappa shape index (κ3) is 4.91. The summed E-state index contributed by atoms with van der Waals surface area (Å²) in [5, 5.41) is 8.94. The molecule has 7 heteroatoms. The molecule has 26 heavy (non-hydrogen) atoms. The smallest absolute Gasteiger partial charge is 0.253 e. The summed E-state index contributed by atoms with van der Waals surface area (Å²) in [5.41, 5.74) is 1.78. The Hall–Kier alpha value is -2.69. The van der Waals surface area contributed by atoms with Crippen LogP contribution in [0.2, 0.25) is 0 Å². The van der Waals surface area contributed by atoms with Crippen LogP contribution in [0.15, 0.2) is 53.4 Å². The van der Waals surface area contributed by atoms with Crippen molar-refractivity contribution in [2.24, 2.45) is 0 Å². The van der Waals surface area contributed by atoms with Gasteiger partial charge in [-0.25, -0.2) is 8.42 Å². The summed E-state index contributed by atoms with van der Waals surface area (Å²) in [6.07, 6.45) is 0. The van der Waals surface area contributed by atoms with E-state index >= 15 is 0 Å². The average Bonchev–Trinajstić information content (AvgIpc) is 2.66. The van der Waals surface area contributed by atoms with Crippen molar-refractivity contribution in [3.8, 4) is 6.07 Å². The number of carbonyl (C=O) groups is 1. The van der Waals surface area contributed by atoms with Crippen LogP contribution in [-0.2, 0) is 21.1 Å². The molecule has 2 aromatic carbocycles. The first kappa shape index (κ1) is 19.6. The van der Waals surface area contributed by atoms with Crippen LogP contribution < -0.4 is 0 Å². The Morgan fingerprint density at radius 1 is 1.19 bits per heavy atom. The van der Waals surface area contributed by atoms with E-state index in [9.17, 15) is 13.2 Å². The van der Waals surface area contributed by atoms with Crippen LogP contribution in [0.4, 0.5) is 0 Å². The molecule has 0 saturated carbocycles. The molecular weight excluding hydrogens is 352 g/mol. The molecule has 0 radical (unpaired) electrons. The van der Waals surface area contributed by atoms with Gasteiger partial charge in [0.15, 0.2) is 9.84 Å². The quantitative estimate of drug-likeness (QED) is 0.744. The van der Waals surface area contributed by atoms with E-state index in [0.29, 0.717) is 17.7 Å². The van der Waals surface area contributed by atoms with E-state index in [0.717, 1.165) is 5.56 Å². The Labute approximate surface area is 153 Å². The number of methoxy groups -OCH3 is 1. The summed E-state index contributed by atoms with van der Waals surface area (Å²) in [5.74, 6) is -0.334. The molecule has 0 aliphatic carbocycles. The van der Waals surface area contributed by atoms with Gasteiger partial charge in [-0.15, -0.1) is 0 Å². The average molecular weight is 372 g/mol. The van der Waals surface area contributed by atoms with Crippen LogP contribution in [0, 0.1) is 11.3 Å². The van der Waals surface area contributed by atoms with Crippen molar-refractivity contribution in [3.05, 3.63) is 65.2 Å². The number of hydrogen-bond donors (Lipinski definition) is 0. The van der Waals surface area contributed by atoms with Crippen molar-refractivity contribution < 1.29 is 17.9 Å². The molecule has 0 N–H and O–H groups in total. The van der Waals surface area contributed by atoms with E-state index in [2.05, 4.69) is 6.07 Å². The van der Waals surface area contributed by atoms with Gasteiger partial charge in [0.2, 0.25) is 0 Å². The number of ether oxygens (including phenoxy) is 1. The van der Waals surface area contributed by atoms with Gasteiger partial charge in [0, 0.05) is 26.3 Å².